The lowest BCUT2D eigenvalue weighted by Crippen LogP contribution is -2.53. The third kappa shape index (κ3) is 4.21. The van der Waals surface area contributed by atoms with Crippen molar-refractivity contribution in [1.82, 2.24) is 10.2 Å². The number of carbonyl (C=O) groups is 2. The van der Waals surface area contributed by atoms with Gasteiger partial charge in [-0.25, -0.2) is 0 Å². The molecule has 1 aliphatic heterocycles. The second-order valence-electron chi connectivity index (χ2n) is 7.57. The van der Waals surface area contributed by atoms with Crippen molar-refractivity contribution in [2.45, 2.75) is 45.3 Å². The van der Waals surface area contributed by atoms with Gasteiger partial charge in [-0.15, -0.1) is 0 Å². The molecule has 2 amide bonds. The van der Waals surface area contributed by atoms with Crippen LogP contribution < -0.4 is 14.8 Å². The van der Waals surface area contributed by atoms with E-state index in [-0.39, 0.29) is 18.4 Å². The first kappa shape index (κ1) is 20.7. The molecule has 1 aliphatic rings. The van der Waals surface area contributed by atoms with Crippen molar-refractivity contribution in [3.63, 3.8) is 0 Å². The minimum absolute atomic E-state index is 0.0390. The number of nitrogens with one attached hydrogen (secondary N) is 1. The Morgan fingerprint density at radius 1 is 1.14 bits per heavy atom. The molecular weight excluding hydrogens is 368 g/mol. The lowest BCUT2D eigenvalue weighted by Gasteiger charge is -2.34. The standard InChI is InChI=1S/C23H28N2O4/c1-16-8-10-17(11-9-16)14-24-22(27)23(2)13-12-20(26)25(23)15-18-6-5-7-19(28-3)21(18)29-4/h5-11H,12-15H2,1-4H3,(H,24,27)/t23-/m0/s1. The molecule has 0 aliphatic carbocycles. The molecule has 0 radical (unpaired) electrons. The highest BCUT2D eigenvalue weighted by Crippen LogP contribution is 2.36. The van der Waals surface area contributed by atoms with Gasteiger partial charge in [0.1, 0.15) is 5.54 Å². The number of nitrogens with zero attached hydrogens (tertiary/aromatic N) is 1. The minimum atomic E-state index is -0.907. The summed E-state index contributed by atoms with van der Waals surface area (Å²) in [5, 5.41) is 3.00. The summed E-state index contributed by atoms with van der Waals surface area (Å²) in [6.07, 6.45) is 0.832. The number of benzene rings is 2. The molecule has 154 valence electrons. The molecule has 0 unspecified atom stereocenters. The number of rotatable bonds is 7. The Labute approximate surface area is 171 Å². The summed E-state index contributed by atoms with van der Waals surface area (Å²) < 4.78 is 10.8. The van der Waals surface area contributed by atoms with Crippen molar-refractivity contribution in [2.75, 3.05) is 14.2 Å². The zero-order valence-corrected chi connectivity index (χ0v) is 17.5. The Morgan fingerprint density at radius 2 is 1.86 bits per heavy atom. The lowest BCUT2D eigenvalue weighted by molar-refractivity contribution is -0.141. The van der Waals surface area contributed by atoms with E-state index in [4.69, 9.17) is 9.47 Å². The fourth-order valence-corrected chi connectivity index (χ4v) is 3.72. The molecule has 2 aromatic rings. The molecule has 1 heterocycles. The van der Waals surface area contributed by atoms with E-state index in [2.05, 4.69) is 5.32 Å². The molecule has 1 saturated heterocycles. The Kier molecular flexibility index (Phi) is 6.11. The summed E-state index contributed by atoms with van der Waals surface area (Å²) >= 11 is 0. The molecule has 2 aromatic carbocycles. The first-order chi connectivity index (χ1) is 13.9. The van der Waals surface area contributed by atoms with Crippen LogP contribution in [0.2, 0.25) is 0 Å². The number of hydrogen-bond acceptors (Lipinski definition) is 4. The number of para-hydroxylation sites is 1. The van der Waals surface area contributed by atoms with Crippen LogP contribution in [-0.2, 0) is 22.7 Å². The van der Waals surface area contributed by atoms with E-state index >= 15 is 0 Å². The molecule has 0 saturated carbocycles. The van der Waals surface area contributed by atoms with Crippen molar-refractivity contribution in [1.29, 1.82) is 0 Å². The highest BCUT2D eigenvalue weighted by molar-refractivity contribution is 5.94. The Bertz CT molecular complexity index is 894. The van der Waals surface area contributed by atoms with Crippen molar-refractivity contribution in [3.05, 3.63) is 59.2 Å². The molecule has 0 spiro atoms. The minimum Gasteiger partial charge on any atom is -0.493 e. The van der Waals surface area contributed by atoms with E-state index in [1.165, 1.54) is 5.56 Å². The predicted octanol–water partition coefficient (Wildman–Crippen LogP) is 3.21. The van der Waals surface area contributed by atoms with Gasteiger partial charge in [-0.05, 0) is 31.9 Å². The Hall–Kier alpha value is -3.02. The molecule has 1 N–H and O–H groups in total. The van der Waals surface area contributed by atoms with E-state index < -0.39 is 5.54 Å². The van der Waals surface area contributed by atoms with Crippen LogP contribution in [0.4, 0.5) is 0 Å². The van der Waals surface area contributed by atoms with Crippen molar-refractivity contribution < 1.29 is 19.1 Å². The van der Waals surface area contributed by atoms with Crippen LogP contribution in [-0.4, -0.2) is 36.5 Å². The molecule has 1 fully saturated rings. The highest BCUT2D eigenvalue weighted by Gasteiger charge is 2.47. The summed E-state index contributed by atoms with van der Waals surface area (Å²) in [5.74, 6) is 0.993. The normalized spacial score (nSPS) is 18.6. The maximum absolute atomic E-state index is 13.1. The molecule has 3 rings (SSSR count). The van der Waals surface area contributed by atoms with Crippen molar-refractivity contribution in [2.24, 2.45) is 0 Å². The summed E-state index contributed by atoms with van der Waals surface area (Å²) in [5.41, 5.74) is 2.10. The van der Waals surface area contributed by atoms with E-state index in [1.54, 1.807) is 19.1 Å². The Balaban J connectivity index is 1.78. The van der Waals surface area contributed by atoms with Gasteiger partial charge in [0.05, 0.1) is 20.8 Å². The maximum atomic E-state index is 13.1. The van der Waals surface area contributed by atoms with Gasteiger partial charge < -0.3 is 19.7 Å². The number of carbonyl (C=O) groups excluding carboxylic acids is 2. The third-order valence-electron chi connectivity index (χ3n) is 5.60. The first-order valence-corrected chi connectivity index (χ1v) is 9.73. The van der Waals surface area contributed by atoms with Gasteiger partial charge in [0.2, 0.25) is 11.8 Å². The zero-order valence-electron chi connectivity index (χ0n) is 17.5. The molecule has 29 heavy (non-hydrogen) atoms. The summed E-state index contributed by atoms with van der Waals surface area (Å²) in [6.45, 7) is 4.57. The fraction of sp³-hybridized carbons (Fsp3) is 0.391. The van der Waals surface area contributed by atoms with Crippen LogP contribution in [0.1, 0.15) is 36.5 Å². The molecule has 1 atom stereocenters. The topological polar surface area (TPSA) is 67.9 Å². The second kappa shape index (κ2) is 8.55. The van der Waals surface area contributed by atoms with Gasteiger partial charge in [-0.2, -0.15) is 0 Å². The van der Waals surface area contributed by atoms with Crippen LogP contribution in [0.3, 0.4) is 0 Å². The second-order valence-corrected chi connectivity index (χ2v) is 7.57. The highest BCUT2D eigenvalue weighted by atomic mass is 16.5. The average molecular weight is 396 g/mol. The number of ether oxygens (including phenoxy) is 2. The van der Waals surface area contributed by atoms with Gasteiger partial charge >= 0.3 is 0 Å². The van der Waals surface area contributed by atoms with Crippen LogP contribution in [0.15, 0.2) is 42.5 Å². The maximum Gasteiger partial charge on any atom is 0.245 e. The monoisotopic (exact) mass is 396 g/mol. The fourth-order valence-electron chi connectivity index (χ4n) is 3.72. The van der Waals surface area contributed by atoms with E-state index in [0.717, 1.165) is 11.1 Å². The van der Waals surface area contributed by atoms with Crippen molar-refractivity contribution in [3.8, 4) is 11.5 Å². The molecule has 6 heteroatoms. The van der Waals surface area contributed by atoms with E-state index in [9.17, 15) is 9.59 Å². The Morgan fingerprint density at radius 3 is 2.52 bits per heavy atom. The van der Waals surface area contributed by atoms with Gasteiger partial charge in [0.25, 0.3) is 0 Å². The van der Waals surface area contributed by atoms with Crippen LogP contribution in [0.5, 0.6) is 11.5 Å². The average Bonchev–Trinajstić information content (AvgIpc) is 3.02. The molecule has 0 bridgehead atoms. The summed E-state index contributed by atoms with van der Waals surface area (Å²) in [7, 11) is 3.14. The van der Waals surface area contributed by atoms with Gasteiger partial charge in [0, 0.05) is 18.5 Å². The number of likely N-dealkylation sites (tertiary alicyclic amines) is 1. The van der Waals surface area contributed by atoms with E-state index in [1.807, 2.05) is 56.3 Å². The molecule has 0 aromatic heterocycles. The zero-order chi connectivity index (χ0) is 21.0. The molecular formula is C23H28N2O4. The largest absolute Gasteiger partial charge is 0.493 e. The first-order valence-electron chi connectivity index (χ1n) is 9.73. The quantitative estimate of drug-likeness (QED) is 0.780. The summed E-state index contributed by atoms with van der Waals surface area (Å²) in [4.78, 5) is 27.4. The van der Waals surface area contributed by atoms with Gasteiger partial charge in [-0.3, -0.25) is 9.59 Å². The number of methoxy groups -OCH3 is 2. The predicted molar refractivity (Wildman–Crippen MR) is 111 cm³/mol. The van der Waals surface area contributed by atoms with Gasteiger partial charge in [-0.1, -0.05) is 42.0 Å². The lowest BCUT2D eigenvalue weighted by atomic mass is 9.96. The van der Waals surface area contributed by atoms with E-state index in [0.29, 0.717) is 30.9 Å². The van der Waals surface area contributed by atoms with Crippen LogP contribution in [0.25, 0.3) is 0 Å². The third-order valence-corrected chi connectivity index (χ3v) is 5.60. The number of hydrogen-bond donors (Lipinski definition) is 1. The van der Waals surface area contributed by atoms with Crippen molar-refractivity contribution >= 4 is 11.8 Å². The van der Waals surface area contributed by atoms with Gasteiger partial charge in [0.15, 0.2) is 11.5 Å². The SMILES string of the molecule is COc1cccc(CN2C(=O)CC[C@@]2(C)C(=O)NCc2ccc(C)cc2)c1OC. The summed E-state index contributed by atoms with van der Waals surface area (Å²) in [6, 6.07) is 13.6. The smallest absolute Gasteiger partial charge is 0.245 e. The van der Waals surface area contributed by atoms with Crippen LogP contribution >= 0.6 is 0 Å². The number of aryl methyl sites for hydroxylation is 1. The number of amides is 2. The van der Waals surface area contributed by atoms with Crippen LogP contribution in [0, 0.1) is 6.92 Å². The molecule has 6 nitrogen and oxygen atoms in total.